The first-order valence-corrected chi connectivity index (χ1v) is 7.57. The summed E-state index contributed by atoms with van der Waals surface area (Å²) in [7, 11) is 0. The number of nitrogens with one attached hydrogen (secondary N) is 1. The van der Waals surface area contributed by atoms with Gasteiger partial charge in [-0.15, -0.1) is 0 Å². The van der Waals surface area contributed by atoms with Crippen LogP contribution in [0.25, 0.3) is 0 Å². The summed E-state index contributed by atoms with van der Waals surface area (Å²) in [4.78, 5) is 0. The SMILES string of the molecule is C[C@@H]1[C@@H](NCc2cc(F)ccc2F)C[C@H]2C[C@@H]1C2(C)C. The van der Waals surface area contributed by atoms with Crippen LogP contribution in [-0.4, -0.2) is 6.04 Å². The third kappa shape index (κ3) is 2.16. The summed E-state index contributed by atoms with van der Waals surface area (Å²) in [5, 5.41) is 3.45. The van der Waals surface area contributed by atoms with Crippen molar-refractivity contribution in [1.82, 2.24) is 5.32 Å². The van der Waals surface area contributed by atoms with Gasteiger partial charge in [-0.1, -0.05) is 20.8 Å². The molecule has 0 saturated heterocycles. The molecule has 1 nitrogen and oxygen atoms in total. The van der Waals surface area contributed by atoms with Crippen molar-refractivity contribution < 1.29 is 8.78 Å². The lowest BCUT2D eigenvalue weighted by molar-refractivity contribution is -0.115. The minimum Gasteiger partial charge on any atom is -0.310 e. The van der Waals surface area contributed by atoms with Crippen LogP contribution in [-0.2, 0) is 6.54 Å². The van der Waals surface area contributed by atoms with Crippen molar-refractivity contribution in [3.63, 3.8) is 0 Å². The molecular formula is C17H23F2N. The van der Waals surface area contributed by atoms with Gasteiger partial charge in [-0.05, 0) is 54.2 Å². The third-order valence-electron chi connectivity index (χ3n) is 5.92. The average Bonchev–Trinajstić information content (AvgIpc) is 2.40. The van der Waals surface area contributed by atoms with Gasteiger partial charge in [0.2, 0.25) is 0 Å². The minimum atomic E-state index is -0.371. The lowest BCUT2D eigenvalue weighted by Crippen LogP contribution is -2.59. The van der Waals surface area contributed by atoms with Crippen LogP contribution in [0.2, 0.25) is 0 Å². The summed E-state index contributed by atoms with van der Waals surface area (Å²) in [5.41, 5.74) is 0.887. The molecule has 1 aromatic rings. The minimum absolute atomic E-state index is 0.326. The highest BCUT2D eigenvalue weighted by Gasteiger charge is 2.55. The van der Waals surface area contributed by atoms with Crippen molar-refractivity contribution in [2.24, 2.45) is 23.2 Å². The molecule has 3 aliphatic carbocycles. The molecule has 1 N–H and O–H groups in total. The van der Waals surface area contributed by atoms with Crippen LogP contribution >= 0.6 is 0 Å². The molecule has 3 aliphatic rings. The highest BCUT2D eigenvalue weighted by Crippen LogP contribution is 2.61. The molecule has 3 heteroatoms. The van der Waals surface area contributed by atoms with Gasteiger partial charge in [0.1, 0.15) is 11.6 Å². The summed E-state index contributed by atoms with van der Waals surface area (Å²) >= 11 is 0. The van der Waals surface area contributed by atoms with Crippen molar-refractivity contribution in [2.75, 3.05) is 0 Å². The number of rotatable bonds is 3. The van der Waals surface area contributed by atoms with Crippen LogP contribution in [0.15, 0.2) is 18.2 Å². The van der Waals surface area contributed by atoms with E-state index in [2.05, 4.69) is 26.1 Å². The molecule has 4 rings (SSSR count). The Hall–Kier alpha value is -0.960. The van der Waals surface area contributed by atoms with Gasteiger partial charge in [-0.2, -0.15) is 0 Å². The zero-order valence-electron chi connectivity index (χ0n) is 12.4. The van der Waals surface area contributed by atoms with E-state index in [0.717, 1.165) is 18.3 Å². The van der Waals surface area contributed by atoms with E-state index < -0.39 is 0 Å². The predicted octanol–water partition coefficient (Wildman–Crippen LogP) is 4.13. The fraction of sp³-hybridized carbons (Fsp3) is 0.647. The molecule has 3 fully saturated rings. The van der Waals surface area contributed by atoms with Gasteiger partial charge in [-0.25, -0.2) is 8.78 Å². The second-order valence-corrected chi connectivity index (χ2v) is 7.18. The summed E-state index contributed by atoms with van der Waals surface area (Å²) in [6.45, 7) is 7.44. The van der Waals surface area contributed by atoms with E-state index in [4.69, 9.17) is 0 Å². The van der Waals surface area contributed by atoms with Crippen LogP contribution in [0.1, 0.15) is 39.2 Å². The Morgan fingerprint density at radius 2 is 2.00 bits per heavy atom. The number of hydrogen-bond donors (Lipinski definition) is 1. The molecule has 0 heterocycles. The van der Waals surface area contributed by atoms with Crippen molar-refractivity contribution >= 4 is 0 Å². The molecule has 0 radical (unpaired) electrons. The Balaban J connectivity index is 1.64. The highest BCUT2D eigenvalue weighted by atomic mass is 19.1. The smallest absolute Gasteiger partial charge is 0.127 e. The zero-order chi connectivity index (χ0) is 14.5. The molecule has 0 amide bonds. The van der Waals surface area contributed by atoms with E-state index >= 15 is 0 Å². The van der Waals surface area contributed by atoms with Crippen LogP contribution < -0.4 is 5.32 Å². The van der Waals surface area contributed by atoms with Gasteiger partial charge in [0.15, 0.2) is 0 Å². The Kier molecular flexibility index (Phi) is 3.36. The van der Waals surface area contributed by atoms with E-state index in [1.54, 1.807) is 0 Å². The molecular weight excluding hydrogens is 256 g/mol. The van der Waals surface area contributed by atoms with Crippen molar-refractivity contribution in [3.8, 4) is 0 Å². The Labute approximate surface area is 119 Å². The first-order chi connectivity index (χ1) is 9.39. The van der Waals surface area contributed by atoms with Gasteiger partial charge in [0.25, 0.3) is 0 Å². The molecule has 0 spiro atoms. The van der Waals surface area contributed by atoms with E-state index in [0.29, 0.717) is 29.5 Å². The van der Waals surface area contributed by atoms with E-state index in [-0.39, 0.29) is 11.6 Å². The third-order valence-corrected chi connectivity index (χ3v) is 5.92. The Morgan fingerprint density at radius 3 is 2.65 bits per heavy atom. The fourth-order valence-corrected chi connectivity index (χ4v) is 4.34. The Bertz CT molecular complexity index is 512. The molecule has 4 atom stereocenters. The van der Waals surface area contributed by atoms with Crippen molar-refractivity contribution in [3.05, 3.63) is 35.4 Å². The van der Waals surface area contributed by atoms with Gasteiger partial charge in [0.05, 0.1) is 0 Å². The summed E-state index contributed by atoms with van der Waals surface area (Å²) in [6, 6.07) is 4.09. The van der Waals surface area contributed by atoms with Crippen LogP contribution in [0, 0.1) is 34.8 Å². The summed E-state index contributed by atoms with van der Waals surface area (Å²) < 4.78 is 26.8. The highest BCUT2D eigenvalue weighted by molar-refractivity contribution is 5.19. The van der Waals surface area contributed by atoms with Gasteiger partial charge >= 0.3 is 0 Å². The largest absolute Gasteiger partial charge is 0.310 e. The maximum absolute atomic E-state index is 13.6. The second-order valence-electron chi connectivity index (χ2n) is 7.18. The maximum Gasteiger partial charge on any atom is 0.127 e. The molecule has 1 aromatic carbocycles. The normalized spacial score (nSPS) is 34.6. The molecule has 110 valence electrons. The number of benzene rings is 1. The summed E-state index contributed by atoms with van der Waals surface area (Å²) in [5.74, 6) is 1.44. The fourth-order valence-electron chi connectivity index (χ4n) is 4.34. The molecule has 2 bridgehead atoms. The van der Waals surface area contributed by atoms with Gasteiger partial charge < -0.3 is 5.32 Å². The van der Waals surface area contributed by atoms with Crippen LogP contribution in [0.3, 0.4) is 0 Å². The monoisotopic (exact) mass is 279 g/mol. The maximum atomic E-state index is 13.6. The summed E-state index contributed by atoms with van der Waals surface area (Å²) in [6.07, 6.45) is 2.49. The van der Waals surface area contributed by atoms with Crippen molar-refractivity contribution in [1.29, 1.82) is 0 Å². The number of halogens is 2. The molecule has 3 saturated carbocycles. The van der Waals surface area contributed by atoms with E-state index in [1.807, 2.05) is 0 Å². The first-order valence-electron chi connectivity index (χ1n) is 7.57. The van der Waals surface area contributed by atoms with Crippen LogP contribution in [0.5, 0.6) is 0 Å². The quantitative estimate of drug-likeness (QED) is 0.877. The Morgan fingerprint density at radius 1 is 1.25 bits per heavy atom. The lowest BCUT2D eigenvalue weighted by atomic mass is 9.45. The molecule has 0 aromatic heterocycles. The first kappa shape index (κ1) is 14.0. The van der Waals surface area contributed by atoms with E-state index in [1.165, 1.54) is 24.6 Å². The molecule has 0 aliphatic heterocycles. The topological polar surface area (TPSA) is 12.0 Å². The van der Waals surface area contributed by atoms with Crippen molar-refractivity contribution in [2.45, 2.75) is 46.2 Å². The predicted molar refractivity (Wildman–Crippen MR) is 76.1 cm³/mol. The number of fused-ring (bicyclic) bond motifs is 2. The lowest BCUT2D eigenvalue weighted by Gasteiger charge is -2.62. The zero-order valence-corrected chi connectivity index (χ0v) is 12.4. The van der Waals surface area contributed by atoms with Gasteiger partial charge in [-0.3, -0.25) is 0 Å². The second kappa shape index (κ2) is 4.80. The van der Waals surface area contributed by atoms with E-state index in [9.17, 15) is 8.78 Å². The molecule has 0 unspecified atom stereocenters. The average molecular weight is 279 g/mol. The number of hydrogen-bond acceptors (Lipinski definition) is 1. The molecule has 20 heavy (non-hydrogen) atoms. The van der Waals surface area contributed by atoms with Gasteiger partial charge in [0, 0.05) is 18.2 Å². The van der Waals surface area contributed by atoms with Crippen LogP contribution in [0.4, 0.5) is 8.78 Å². The standard InChI is InChI=1S/C17H23F2N/c1-10-14-7-12(17(14,2)3)8-16(10)20-9-11-6-13(18)4-5-15(11)19/h4-6,10,12,14,16,20H,7-9H2,1-3H3/t10-,12+,14-,16-/m0/s1.